The van der Waals surface area contributed by atoms with Gasteiger partial charge >= 0.3 is 5.97 Å². The van der Waals surface area contributed by atoms with Crippen LogP contribution in [0.1, 0.15) is 39.8 Å². The first-order valence-corrected chi connectivity index (χ1v) is 14.6. The molecule has 1 atom stereocenters. The smallest absolute Gasteiger partial charge is 0.337 e. The average Bonchev–Trinajstić information content (AvgIpc) is 3.40. The van der Waals surface area contributed by atoms with Crippen molar-refractivity contribution in [2.45, 2.75) is 26.5 Å². The number of fused-ring (bicyclic) bond motifs is 1. The topological polar surface area (TPSA) is 110 Å². The molecule has 1 aliphatic heterocycles. The molecular weight excluding hydrogens is 611 g/mol. The van der Waals surface area contributed by atoms with Crippen LogP contribution in [0.4, 0.5) is 13.2 Å². The second-order valence-electron chi connectivity index (χ2n) is 11.7. The normalized spacial score (nSPS) is 15.8. The van der Waals surface area contributed by atoms with Crippen molar-refractivity contribution in [2.24, 2.45) is 5.41 Å². The molecule has 1 saturated heterocycles. The van der Waals surface area contributed by atoms with Crippen LogP contribution in [0, 0.1) is 34.2 Å². The lowest BCUT2D eigenvalue weighted by Gasteiger charge is -2.45. The standard InChI is InChI=1S/C35H28F3N5O4/c1-35(18-42(2)34(35)45)19-43-30-13-21(33(44)46-3)9-10-29(30)40-31(43)14-23-12-27(38)24(15-26(23)37)28-5-4-6-32(41-28)47-17-22-8-7-20(16-39)11-25(22)36/h4-13,15H,14,17-19H2,1-3H3. The third-order valence-corrected chi connectivity index (χ3v) is 8.25. The van der Waals surface area contributed by atoms with Gasteiger partial charge in [-0.05, 0) is 61.0 Å². The Labute approximate surface area is 267 Å². The van der Waals surface area contributed by atoms with Crippen LogP contribution >= 0.6 is 0 Å². The fraction of sp³-hybridized carbons (Fsp3) is 0.229. The number of benzene rings is 3. The summed E-state index contributed by atoms with van der Waals surface area (Å²) >= 11 is 0. The Morgan fingerprint density at radius 2 is 1.79 bits per heavy atom. The minimum atomic E-state index is -0.739. The summed E-state index contributed by atoms with van der Waals surface area (Å²) in [7, 11) is 2.98. The maximum absolute atomic E-state index is 15.7. The molecule has 3 heterocycles. The number of rotatable bonds is 9. The zero-order chi connectivity index (χ0) is 33.5. The Kier molecular flexibility index (Phi) is 8.15. The van der Waals surface area contributed by atoms with E-state index in [9.17, 15) is 14.0 Å². The van der Waals surface area contributed by atoms with E-state index < -0.39 is 28.8 Å². The van der Waals surface area contributed by atoms with Gasteiger partial charge in [0.2, 0.25) is 11.8 Å². The highest BCUT2D eigenvalue weighted by atomic mass is 19.1. The summed E-state index contributed by atoms with van der Waals surface area (Å²) in [5.74, 6) is -2.18. The van der Waals surface area contributed by atoms with E-state index in [4.69, 9.17) is 14.7 Å². The quantitative estimate of drug-likeness (QED) is 0.148. The summed E-state index contributed by atoms with van der Waals surface area (Å²) in [4.78, 5) is 35.6. The molecule has 3 aromatic carbocycles. The van der Waals surface area contributed by atoms with Gasteiger partial charge in [0.25, 0.3) is 0 Å². The molecule has 238 valence electrons. The fourth-order valence-corrected chi connectivity index (χ4v) is 5.85. The van der Waals surface area contributed by atoms with Crippen LogP contribution in [-0.4, -0.2) is 52.0 Å². The van der Waals surface area contributed by atoms with Gasteiger partial charge in [0, 0.05) is 43.8 Å². The predicted molar refractivity (Wildman–Crippen MR) is 165 cm³/mol. The van der Waals surface area contributed by atoms with Crippen molar-refractivity contribution >= 4 is 22.9 Å². The van der Waals surface area contributed by atoms with Gasteiger partial charge in [-0.25, -0.2) is 27.9 Å². The molecule has 1 amide bonds. The fourth-order valence-electron chi connectivity index (χ4n) is 5.85. The number of β-lactam (4-membered cyclic amide) rings is 1. The first-order chi connectivity index (χ1) is 22.5. The number of pyridine rings is 1. The van der Waals surface area contributed by atoms with E-state index >= 15 is 8.78 Å². The molecule has 0 bridgehead atoms. The van der Waals surface area contributed by atoms with Gasteiger partial charge in [0.1, 0.15) is 29.9 Å². The summed E-state index contributed by atoms with van der Waals surface area (Å²) in [6, 6.07) is 17.4. The van der Waals surface area contributed by atoms with Crippen molar-refractivity contribution in [2.75, 3.05) is 20.7 Å². The monoisotopic (exact) mass is 639 g/mol. The number of amides is 1. The van der Waals surface area contributed by atoms with Crippen molar-refractivity contribution in [3.05, 3.63) is 112 Å². The van der Waals surface area contributed by atoms with Crippen molar-refractivity contribution in [3.63, 3.8) is 0 Å². The molecule has 9 nitrogen and oxygen atoms in total. The Morgan fingerprint density at radius 3 is 2.49 bits per heavy atom. The van der Waals surface area contributed by atoms with Crippen LogP contribution in [0.15, 0.2) is 66.7 Å². The summed E-state index contributed by atoms with van der Waals surface area (Å²) in [6.07, 6.45) is -0.0991. The van der Waals surface area contributed by atoms with E-state index in [1.807, 2.05) is 13.0 Å². The Hall–Kier alpha value is -5.70. The number of aromatic nitrogens is 3. The minimum absolute atomic E-state index is 0.0295. The maximum Gasteiger partial charge on any atom is 0.337 e. The number of imidazole rings is 1. The molecule has 0 radical (unpaired) electrons. The summed E-state index contributed by atoms with van der Waals surface area (Å²) in [5.41, 5.74) is 1.04. The zero-order valence-electron chi connectivity index (χ0n) is 25.7. The number of carbonyl (C=O) groups excluding carboxylic acids is 2. The minimum Gasteiger partial charge on any atom is -0.473 e. The van der Waals surface area contributed by atoms with Crippen LogP contribution in [0.25, 0.3) is 22.3 Å². The number of halogens is 3. The van der Waals surface area contributed by atoms with Gasteiger partial charge in [0.05, 0.1) is 46.4 Å². The van der Waals surface area contributed by atoms with Crippen molar-refractivity contribution in [3.8, 4) is 23.2 Å². The van der Waals surface area contributed by atoms with E-state index in [2.05, 4.69) is 9.97 Å². The molecule has 47 heavy (non-hydrogen) atoms. The molecule has 0 N–H and O–H groups in total. The van der Waals surface area contributed by atoms with Gasteiger partial charge in [0.15, 0.2) is 0 Å². The van der Waals surface area contributed by atoms with E-state index in [1.165, 1.54) is 31.4 Å². The first-order valence-electron chi connectivity index (χ1n) is 14.6. The third-order valence-electron chi connectivity index (χ3n) is 8.25. The lowest BCUT2D eigenvalue weighted by Crippen LogP contribution is -2.59. The van der Waals surface area contributed by atoms with Gasteiger partial charge in [-0.2, -0.15) is 5.26 Å². The van der Waals surface area contributed by atoms with Crippen molar-refractivity contribution in [1.82, 2.24) is 19.4 Å². The van der Waals surface area contributed by atoms with Crippen LogP contribution in [0.5, 0.6) is 5.88 Å². The van der Waals surface area contributed by atoms with E-state index in [0.717, 1.165) is 18.2 Å². The van der Waals surface area contributed by atoms with Gasteiger partial charge in [-0.3, -0.25) is 4.79 Å². The van der Waals surface area contributed by atoms with Crippen LogP contribution < -0.4 is 4.74 Å². The molecule has 2 aromatic heterocycles. The van der Waals surface area contributed by atoms with Crippen molar-refractivity contribution in [1.29, 1.82) is 5.26 Å². The lowest BCUT2D eigenvalue weighted by atomic mass is 9.81. The van der Waals surface area contributed by atoms with Gasteiger partial charge in [-0.1, -0.05) is 12.1 Å². The molecule has 1 fully saturated rings. The second kappa shape index (κ2) is 12.2. The highest BCUT2D eigenvalue weighted by Crippen LogP contribution is 2.35. The van der Waals surface area contributed by atoms with Gasteiger partial charge < -0.3 is 18.9 Å². The number of ether oxygens (including phenoxy) is 2. The summed E-state index contributed by atoms with van der Waals surface area (Å²) in [6.45, 7) is 2.36. The summed E-state index contributed by atoms with van der Waals surface area (Å²) in [5, 5.41) is 8.93. The molecule has 1 aliphatic rings. The zero-order valence-corrected chi connectivity index (χ0v) is 25.7. The number of likely N-dealkylation sites (tertiary alicyclic amines) is 1. The highest BCUT2D eigenvalue weighted by molar-refractivity contribution is 5.94. The summed E-state index contributed by atoms with van der Waals surface area (Å²) < 4.78 is 57.8. The number of hydrogen-bond acceptors (Lipinski definition) is 7. The maximum atomic E-state index is 15.7. The number of nitrogens with zero attached hydrogens (tertiary/aromatic N) is 5. The first kappa shape index (κ1) is 31.3. The SMILES string of the molecule is COC(=O)c1ccc2nc(Cc3cc(F)c(-c4cccc(OCc5ccc(C#N)cc5F)n4)cc3F)n(CC3(C)CN(C)C3=O)c2c1. The largest absolute Gasteiger partial charge is 0.473 e. The number of hydrogen-bond donors (Lipinski definition) is 0. The number of esters is 1. The van der Waals surface area contributed by atoms with Crippen LogP contribution in [0.3, 0.4) is 0 Å². The second-order valence-corrected chi connectivity index (χ2v) is 11.7. The van der Waals surface area contributed by atoms with E-state index in [-0.39, 0.29) is 64.9 Å². The van der Waals surface area contributed by atoms with E-state index in [1.54, 1.807) is 40.8 Å². The number of methoxy groups -OCH3 is 1. The predicted octanol–water partition coefficient (Wildman–Crippen LogP) is 5.82. The Balaban J connectivity index is 1.29. The molecule has 0 saturated carbocycles. The molecular formula is C35H28F3N5O4. The van der Waals surface area contributed by atoms with Gasteiger partial charge in [-0.15, -0.1) is 0 Å². The Morgan fingerprint density at radius 1 is 1.00 bits per heavy atom. The third kappa shape index (κ3) is 6.00. The molecule has 0 aliphatic carbocycles. The average molecular weight is 640 g/mol. The molecule has 6 rings (SSSR count). The van der Waals surface area contributed by atoms with Crippen LogP contribution in [0.2, 0.25) is 0 Å². The molecule has 0 spiro atoms. The molecule has 12 heteroatoms. The van der Waals surface area contributed by atoms with Crippen LogP contribution in [-0.2, 0) is 29.1 Å². The highest BCUT2D eigenvalue weighted by Gasteiger charge is 2.47. The number of carbonyl (C=O) groups is 2. The molecule has 1 unspecified atom stereocenters. The Bertz CT molecular complexity index is 2110. The van der Waals surface area contributed by atoms with Crippen molar-refractivity contribution < 1.29 is 32.2 Å². The number of nitriles is 1. The van der Waals surface area contributed by atoms with E-state index in [0.29, 0.717) is 23.4 Å². The molecule has 5 aromatic rings. The lowest BCUT2D eigenvalue weighted by molar-refractivity contribution is -0.157.